The predicted octanol–water partition coefficient (Wildman–Crippen LogP) is 5.71. The molecule has 0 heterocycles. The van der Waals surface area contributed by atoms with Gasteiger partial charge in [-0.05, 0) is 55.3 Å². The Kier molecular flexibility index (Phi) is 9.70. The second kappa shape index (κ2) is 11.7. The van der Waals surface area contributed by atoms with Crippen molar-refractivity contribution >= 4 is 39.4 Å². The number of carbonyl (C=O) groups is 1. The van der Waals surface area contributed by atoms with Gasteiger partial charge in [0.05, 0.1) is 15.5 Å². The van der Waals surface area contributed by atoms with Gasteiger partial charge in [0.2, 0.25) is 10.0 Å². The van der Waals surface area contributed by atoms with Crippen molar-refractivity contribution in [2.45, 2.75) is 48.4 Å². The highest BCUT2D eigenvalue weighted by molar-refractivity contribution is 8.00. The van der Waals surface area contributed by atoms with Crippen molar-refractivity contribution in [3.05, 3.63) is 52.5 Å². The number of nitrogens with zero attached hydrogens (tertiary/aromatic N) is 1. The Balaban J connectivity index is 2.18. The highest BCUT2D eigenvalue weighted by atomic mass is 35.5. The number of aryl methyl sites for hydroxylation is 1. The van der Waals surface area contributed by atoms with E-state index in [0.29, 0.717) is 18.2 Å². The molecule has 0 spiro atoms. The highest BCUT2D eigenvalue weighted by Gasteiger charge is 2.34. The lowest BCUT2D eigenvalue weighted by Crippen LogP contribution is -2.36. The van der Waals surface area contributed by atoms with E-state index in [1.807, 2.05) is 13.0 Å². The average molecular weight is 540 g/mol. The van der Waals surface area contributed by atoms with E-state index in [-0.39, 0.29) is 23.2 Å². The molecule has 0 aliphatic heterocycles. The standard InChI is InChI=1S/C22H25ClF3NO5S2/c1-4-9-27(34(30,31)17-6-7-18(19(23)11-17)22(24,25)26)12-15(3)33-16-5-8-20(14(2)10-16)32-13-21(28)29/h5-8,10-11,15H,4,9,12-13H2,1-3H3,(H,28,29)/t15-/m1/s1. The van der Waals surface area contributed by atoms with Crippen molar-refractivity contribution in [3.8, 4) is 5.75 Å². The second-order valence-corrected chi connectivity index (χ2v) is 11.4. The number of thioether (sulfide) groups is 1. The number of benzene rings is 2. The number of ether oxygens (including phenoxy) is 1. The molecule has 2 aromatic carbocycles. The summed E-state index contributed by atoms with van der Waals surface area (Å²) in [4.78, 5) is 11.2. The molecule has 12 heteroatoms. The zero-order valence-electron chi connectivity index (χ0n) is 18.7. The summed E-state index contributed by atoms with van der Waals surface area (Å²) in [6.07, 6.45) is -4.17. The van der Waals surface area contributed by atoms with Crippen molar-refractivity contribution in [2.75, 3.05) is 19.7 Å². The molecule has 1 atom stereocenters. The molecule has 0 saturated heterocycles. The van der Waals surface area contributed by atoms with E-state index in [2.05, 4.69) is 0 Å². The maximum atomic E-state index is 13.2. The Morgan fingerprint density at radius 2 is 1.91 bits per heavy atom. The van der Waals surface area contributed by atoms with Crippen LogP contribution >= 0.6 is 23.4 Å². The molecular weight excluding hydrogens is 515 g/mol. The van der Waals surface area contributed by atoms with Gasteiger partial charge in [-0.1, -0.05) is 25.4 Å². The zero-order valence-corrected chi connectivity index (χ0v) is 21.1. The van der Waals surface area contributed by atoms with Crippen LogP contribution in [-0.4, -0.2) is 48.7 Å². The Bertz CT molecular complexity index is 1130. The van der Waals surface area contributed by atoms with E-state index in [4.69, 9.17) is 21.4 Å². The summed E-state index contributed by atoms with van der Waals surface area (Å²) in [5, 5.41) is 7.87. The summed E-state index contributed by atoms with van der Waals surface area (Å²) in [7, 11) is -4.07. The fraction of sp³-hybridized carbons (Fsp3) is 0.409. The minimum absolute atomic E-state index is 0.121. The summed E-state index contributed by atoms with van der Waals surface area (Å²) in [6.45, 7) is 5.27. The van der Waals surface area contributed by atoms with Crippen LogP contribution in [0.25, 0.3) is 0 Å². The maximum absolute atomic E-state index is 13.2. The number of sulfonamides is 1. The van der Waals surface area contributed by atoms with Crippen LogP contribution in [0.5, 0.6) is 5.75 Å². The van der Waals surface area contributed by atoms with Crippen LogP contribution in [0.15, 0.2) is 46.2 Å². The second-order valence-electron chi connectivity index (χ2n) is 7.54. The lowest BCUT2D eigenvalue weighted by atomic mass is 10.2. The first-order chi connectivity index (χ1) is 15.8. The Hall–Kier alpha value is -1.95. The van der Waals surface area contributed by atoms with E-state index < -0.39 is 39.4 Å². The molecule has 34 heavy (non-hydrogen) atoms. The van der Waals surface area contributed by atoms with Crippen molar-refractivity contribution in [1.29, 1.82) is 0 Å². The topological polar surface area (TPSA) is 83.9 Å². The lowest BCUT2D eigenvalue weighted by molar-refractivity contribution is -0.139. The van der Waals surface area contributed by atoms with Crippen LogP contribution in [0.3, 0.4) is 0 Å². The summed E-state index contributed by atoms with van der Waals surface area (Å²) < 4.78 is 71.7. The highest BCUT2D eigenvalue weighted by Crippen LogP contribution is 2.36. The van der Waals surface area contributed by atoms with E-state index in [1.165, 1.54) is 16.1 Å². The predicted molar refractivity (Wildman–Crippen MR) is 125 cm³/mol. The van der Waals surface area contributed by atoms with Gasteiger partial charge in [0.25, 0.3) is 0 Å². The van der Waals surface area contributed by atoms with Crippen LogP contribution in [0.4, 0.5) is 13.2 Å². The minimum atomic E-state index is -4.68. The normalized spacial score (nSPS) is 13.2. The van der Waals surface area contributed by atoms with Crippen molar-refractivity contribution in [3.63, 3.8) is 0 Å². The van der Waals surface area contributed by atoms with Gasteiger partial charge in [-0.25, -0.2) is 13.2 Å². The SMILES string of the molecule is CCCN(C[C@@H](C)Sc1ccc(OCC(=O)O)c(C)c1)S(=O)(=O)c1ccc(C(F)(F)F)c(Cl)c1. The fourth-order valence-electron chi connectivity index (χ4n) is 3.15. The molecule has 0 saturated carbocycles. The van der Waals surface area contributed by atoms with E-state index in [1.54, 1.807) is 26.0 Å². The Labute approximate surface area is 206 Å². The largest absolute Gasteiger partial charge is 0.482 e. The van der Waals surface area contributed by atoms with Gasteiger partial charge in [-0.15, -0.1) is 11.8 Å². The number of halogens is 4. The van der Waals surface area contributed by atoms with Crippen LogP contribution in [0.2, 0.25) is 5.02 Å². The average Bonchev–Trinajstić information content (AvgIpc) is 2.71. The third-order valence-electron chi connectivity index (χ3n) is 4.65. The van der Waals surface area contributed by atoms with Crippen molar-refractivity contribution in [1.82, 2.24) is 4.31 Å². The summed E-state index contributed by atoms with van der Waals surface area (Å²) in [5.41, 5.74) is -0.360. The number of carboxylic acids is 1. The van der Waals surface area contributed by atoms with E-state index in [9.17, 15) is 26.4 Å². The Morgan fingerprint density at radius 1 is 1.24 bits per heavy atom. The number of carboxylic acid groups (broad SMARTS) is 1. The van der Waals surface area contributed by atoms with Crippen molar-refractivity contribution < 1.29 is 36.2 Å². The van der Waals surface area contributed by atoms with E-state index in [0.717, 1.165) is 22.6 Å². The summed E-state index contributed by atoms with van der Waals surface area (Å²) in [5.74, 6) is -0.646. The molecular formula is C22H25ClF3NO5S2. The molecule has 0 aliphatic rings. The number of rotatable bonds is 11. The van der Waals surface area contributed by atoms with Gasteiger partial charge in [-0.3, -0.25) is 0 Å². The quantitative estimate of drug-likeness (QED) is 0.368. The van der Waals surface area contributed by atoms with E-state index >= 15 is 0 Å². The van der Waals surface area contributed by atoms with Gasteiger partial charge in [0, 0.05) is 23.2 Å². The number of aliphatic carboxylic acids is 1. The summed E-state index contributed by atoms with van der Waals surface area (Å²) >= 11 is 7.14. The molecule has 0 bridgehead atoms. The smallest absolute Gasteiger partial charge is 0.417 e. The van der Waals surface area contributed by atoms with Crippen LogP contribution in [0.1, 0.15) is 31.4 Å². The van der Waals surface area contributed by atoms with Crippen LogP contribution in [0, 0.1) is 6.92 Å². The molecule has 0 amide bonds. The van der Waals surface area contributed by atoms with Gasteiger partial charge in [-0.2, -0.15) is 17.5 Å². The van der Waals surface area contributed by atoms with Gasteiger partial charge >= 0.3 is 12.1 Å². The Morgan fingerprint density at radius 3 is 2.44 bits per heavy atom. The molecule has 2 aromatic rings. The third-order valence-corrected chi connectivity index (χ3v) is 7.90. The lowest BCUT2D eigenvalue weighted by Gasteiger charge is -2.25. The van der Waals surface area contributed by atoms with Gasteiger partial charge in [0.1, 0.15) is 5.75 Å². The minimum Gasteiger partial charge on any atom is -0.482 e. The van der Waals surface area contributed by atoms with Crippen LogP contribution in [-0.2, 0) is 21.0 Å². The molecule has 0 aromatic heterocycles. The zero-order chi connectivity index (χ0) is 25.7. The first-order valence-corrected chi connectivity index (χ1v) is 12.9. The number of hydrogen-bond acceptors (Lipinski definition) is 5. The first kappa shape index (κ1) is 28.3. The molecule has 0 unspecified atom stereocenters. The molecule has 1 N–H and O–H groups in total. The fourth-order valence-corrected chi connectivity index (χ4v) is 6.35. The van der Waals surface area contributed by atoms with Gasteiger partial charge < -0.3 is 9.84 Å². The molecule has 6 nitrogen and oxygen atoms in total. The van der Waals surface area contributed by atoms with Crippen molar-refractivity contribution in [2.24, 2.45) is 0 Å². The number of alkyl halides is 3. The maximum Gasteiger partial charge on any atom is 0.417 e. The molecule has 0 aliphatic carbocycles. The van der Waals surface area contributed by atoms with Gasteiger partial charge in [0.15, 0.2) is 6.61 Å². The molecule has 188 valence electrons. The molecule has 2 rings (SSSR count). The van der Waals surface area contributed by atoms with Crippen LogP contribution < -0.4 is 4.74 Å². The first-order valence-electron chi connectivity index (χ1n) is 10.2. The monoisotopic (exact) mass is 539 g/mol. The summed E-state index contributed by atoms with van der Waals surface area (Å²) in [6, 6.07) is 7.64. The molecule has 0 radical (unpaired) electrons. The third kappa shape index (κ3) is 7.53. The molecule has 0 fully saturated rings. The number of hydrogen-bond donors (Lipinski definition) is 1.